The van der Waals surface area contributed by atoms with Gasteiger partial charge in [0, 0.05) is 18.6 Å². The average molecular weight is 520 g/mol. The first-order valence-electron chi connectivity index (χ1n) is 13.3. The van der Waals surface area contributed by atoms with Crippen molar-refractivity contribution in [2.24, 2.45) is 0 Å². The van der Waals surface area contributed by atoms with Crippen LogP contribution in [-0.2, 0) is 17.3 Å². The number of anilines is 1. The summed E-state index contributed by atoms with van der Waals surface area (Å²) in [6, 6.07) is 11.8. The number of ether oxygens (including phenoxy) is 3. The number of carbonyl (C=O) groups excluding carboxylic acids is 1. The van der Waals surface area contributed by atoms with E-state index in [0.29, 0.717) is 35.3 Å². The maximum absolute atomic E-state index is 13.1. The maximum atomic E-state index is 13.1. The van der Waals surface area contributed by atoms with Gasteiger partial charge in [0.25, 0.3) is 5.91 Å². The van der Waals surface area contributed by atoms with Gasteiger partial charge in [-0.25, -0.2) is 0 Å². The summed E-state index contributed by atoms with van der Waals surface area (Å²) < 4.78 is 22.3. The van der Waals surface area contributed by atoms with Crippen LogP contribution >= 0.6 is 0 Å². The van der Waals surface area contributed by atoms with Gasteiger partial charge in [0.05, 0.1) is 21.3 Å². The van der Waals surface area contributed by atoms with E-state index in [1.807, 2.05) is 6.07 Å². The SMILES string of the molecule is COc1cc(OC)c(NC(=O)c2ccc(Cc3cc4c(cc3C(C)C)C(C)(C)CCC4(C)C)o2)c(OC)c1. The van der Waals surface area contributed by atoms with Crippen LogP contribution in [-0.4, -0.2) is 27.2 Å². The highest BCUT2D eigenvalue weighted by molar-refractivity contribution is 6.04. The summed E-state index contributed by atoms with van der Waals surface area (Å²) >= 11 is 0. The van der Waals surface area contributed by atoms with E-state index in [2.05, 4.69) is 59.0 Å². The molecule has 38 heavy (non-hydrogen) atoms. The Hall–Kier alpha value is -3.41. The number of methoxy groups -OCH3 is 3. The summed E-state index contributed by atoms with van der Waals surface area (Å²) in [4.78, 5) is 13.1. The van der Waals surface area contributed by atoms with Gasteiger partial charge in [0.1, 0.15) is 28.7 Å². The Balaban J connectivity index is 1.63. The summed E-state index contributed by atoms with van der Waals surface area (Å²) in [6.45, 7) is 13.9. The highest BCUT2D eigenvalue weighted by atomic mass is 16.5. The van der Waals surface area contributed by atoms with Crippen LogP contribution in [0.2, 0.25) is 0 Å². The van der Waals surface area contributed by atoms with Crippen LogP contribution in [0.4, 0.5) is 5.69 Å². The molecule has 1 aliphatic rings. The van der Waals surface area contributed by atoms with Crippen LogP contribution in [0.1, 0.15) is 98.9 Å². The molecular formula is C32H41NO5. The molecule has 0 saturated heterocycles. The normalized spacial score (nSPS) is 15.6. The third kappa shape index (κ3) is 5.27. The number of carbonyl (C=O) groups is 1. The van der Waals surface area contributed by atoms with Gasteiger partial charge in [-0.15, -0.1) is 0 Å². The molecule has 0 bridgehead atoms. The second-order valence-corrected chi connectivity index (χ2v) is 11.8. The van der Waals surface area contributed by atoms with Gasteiger partial charge in [-0.3, -0.25) is 4.79 Å². The summed E-state index contributed by atoms with van der Waals surface area (Å²) in [6.07, 6.45) is 2.97. The Morgan fingerprint density at radius 2 is 1.47 bits per heavy atom. The van der Waals surface area contributed by atoms with Crippen molar-refractivity contribution in [3.8, 4) is 17.2 Å². The van der Waals surface area contributed by atoms with E-state index >= 15 is 0 Å². The van der Waals surface area contributed by atoms with Gasteiger partial charge in [0.15, 0.2) is 5.76 Å². The minimum atomic E-state index is -0.379. The maximum Gasteiger partial charge on any atom is 0.291 e. The number of amides is 1. The summed E-state index contributed by atoms with van der Waals surface area (Å²) in [5.41, 5.74) is 6.18. The second kappa shape index (κ2) is 10.4. The number of furan rings is 1. The Bertz CT molecular complexity index is 1310. The lowest BCUT2D eigenvalue weighted by molar-refractivity contribution is 0.0994. The van der Waals surface area contributed by atoms with Crippen LogP contribution < -0.4 is 19.5 Å². The average Bonchev–Trinajstić information content (AvgIpc) is 3.35. The third-order valence-corrected chi connectivity index (χ3v) is 7.94. The number of hydrogen-bond acceptors (Lipinski definition) is 5. The molecule has 0 saturated carbocycles. The van der Waals surface area contributed by atoms with E-state index in [9.17, 15) is 4.79 Å². The van der Waals surface area contributed by atoms with E-state index in [4.69, 9.17) is 18.6 Å². The monoisotopic (exact) mass is 519 g/mol. The first-order valence-corrected chi connectivity index (χ1v) is 13.3. The quantitative estimate of drug-likeness (QED) is 0.331. The van der Waals surface area contributed by atoms with Crippen molar-refractivity contribution < 1.29 is 23.4 Å². The van der Waals surface area contributed by atoms with Crippen molar-refractivity contribution in [2.45, 2.75) is 77.6 Å². The van der Waals surface area contributed by atoms with Crippen molar-refractivity contribution in [2.75, 3.05) is 26.6 Å². The third-order valence-electron chi connectivity index (χ3n) is 7.94. The zero-order valence-electron chi connectivity index (χ0n) is 24.2. The highest BCUT2D eigenvalue weighted by Gasteiger charge is 2.38. The number of hydrogen-bond donors (Lipinski definition) is 1. The number of benzene rings is 2. The summed E-state index contributed by atoms with van der Waals surface area (Å²) in [7, 11) is 4.62. The zero-order chi connectivity index (χ0) is 27.8. The molecule has 6 nitrogen and oxygen atoms in total. The van der Waals surface area contributed by atoms with E-state index in [1.54, 1.807) is 25.3 Å². The van der Waals surface area contributed by atoms with Gasteiger partial charge in [-0.05, 0) is 64.0 Å². The Labute approximate surface area is 226 Å². The van der Waals surface area contributed by atoms with Crippen molar-refractivity contribution in [1.82, 2.24) is 0 Å². The molecule has 0 spiro atoms. The van der Waals surface area contributed by atoms with Crippen molar-refractivity contribution in [3.05, 3.63) is 70.2 Å². The van der Waals surface area contributed by atoms with Gasteiger partial charge >= 0.3 is 0 Å². The standard InChI is InChI=1S/C32H41NO5/c1-19(2)23-18-25-24(31(3,4)12-13-32(25,5)6)15-20(23)14-21-10-11-26(38-21)30(34)33-29-27(36-8)16-22(35-7)17-28(29)37-9/h10-11,15-19H,12-14H2,1-9H3,(H,33,34). The van der Waals surface area contributed by atoms with Crippen molar-refractivity contribution >= 4 is 11.6 Å². The van der Waals surface area contributed by atoms with Gasteiger partial charge in [-0.2, -0.15) is 0 Å². The van der Waals surface area contributed by atoms with Crippen molar-refractivity contribution in [1.29, 1.82) is 0 Å². The fourth-order valence-electron chi connectivity index (χ4n) is 5.45. The van der Waals surface area contributed by atoms with Crippen LogP contribution in [0.3, 0.4) is 0 Å². The van der Waals surface area contributed by atoms with Crippen LogP contribution in [0, 0.1) is 0 Å². The minimum absolute atomic E-state index is 0.125. The molecule has 1 amide bonds. The van der Waals surface area contributed by atoms with Crippen molar-refractivity contribution in [3.63, 3.8) is 0 Å². The second-order valence-electron chi connectivity index (χ2n) is 11.8. The minimum Gasteiger partial charge on any atom is -0.496 e. The molecule has 1 N–H and O–H groups in total. The number of rotatable bonds is 8. The van der Waals surface area contributed by atoms with Crippen LogP contribution in [0.15, 0.2) is 40.8 Å². The van der Waals surface area contributed by atoms with Gasteiger partial charge in [0.2, 0.25) is 0 Å². The van der Waals surface area contributed by atoms with Gasteiger partial charge in [-0.1, -0.05) is 53.7 Å². The fraction of sp³-hybridized carbons (Fsp3) is 0.469. The lowest BCUT2D eigenvalue weighted by Gasteiger charge is -2.42. The molecule has 4 rings (SSSR count). The van der Waals surface area contributed by atoms with Gasteiger partial charge < -0.3 is 23.9 Å². The fourth-order valence-corrected chi connectivity index (χ4v) is 5.45. The molecule has 3 aromatic rings. The Kier molecular flexibility index (Phi) is 7.55. The topological polar surface area (TPSA) is 69.9 Å². The molecular weight excluding hydrogens is 478 g/mol. The predicted octanol–water partition coefficient (Wildman–Crippen LogP) is 7.62. The van der Waals surface area contributed by atoms with Crippen LogP contribution in [0.25, 0.3) is 0 Å². The zero-order valence-corrected chi connectivity index (χ0v) is 24.2. The molecule has 0 radical (unpaired) electrons. The molecule has 1 heterocycles. The van der Waals surface area contributed by atoms with E-state index in [1.165, 1.54) is 42.9 Å². The predicted molar refractivity (Wildman–Crippen MR) is 151 cm³/mol. The highest BCUT2D eigenvalue weighted by Crippen LogP contribution is 2.47. The first-order chi connectivity index (χ1) is 17.9. The lowest BCUT2D eigenvalue weighted by atomic mass is 9.62. The molecule has 0 fully saturated rings. The molecule has 0 unspecified atom stereocenters. The molecule has 1 aromatic heterocycles. The van der Waals surface area contributed by atoms with E-state index in [-0.39, 0.29) is 22.5 Å². The van der Waals surface area contributed by atoms with E-state index in [0.717, 1.165) is 12.2 Å². The van der Waals surface area contributed by atoms with Crippen LogP contribution in [0.5, 0.6) is 17.2 Å². The largest absolute Gasteiger partial charge is 0.496 e. The number of nitrogens with one attached hydrogen (secondary N) is 1. The molecule has 204 valence electrons. The molecule has 0 atom stereocenters. The molecule has 2 aromatic carbocycles. The molecule has 6 heteroatoms. The first kappa shape index (κ1) is 27.6. The summed E-state index contributed by atoms with van der Waals surface area (Å²) in [5.74, 6) is 2.41. The molecule has 0 aliphatic heterocycles. The Morgan fingerprint density at radius 3 is 2.00 bits per heavy atom. The smallest absolute Gasteiger partial charge is 0.291 e. The number of fused-ring (bicyclic) bond motifs is 1. The lowest BCUT2D eigenvalue weighted by Crippen LogP contribution is -2.34. The molecule has 1 aliphatic carbocycles. The summed E-state index contributed by atoms with van der Waals surface area (Å²) in [5, 5.41) is 2.88. The Morgan fingerprint density at radius 1 is 0.895 bits per heavy atom. The van der Waals surface area contributed by atoms with E-state index < -0.39 is 0 Å².